The van der Waals surface area contributed by atoms with Gasteiger partial charge in [-0.1, -0.05) is 34.1 Å². The van der Waals surface area contributed by atoms with Crippen molar-refractivity contribution in [3.05, 3.63) is 52.5 Å². The van der Waals surface area contributed by atoms with Crippen LogP contribution in [-0.2, 0) is 10.0 Å². The van der Waals surface area contributed by atoms with Crippen LogP contribution in [0.15, 0.2) is 51.8 Å². The molecule has 0 heterocycles. The molecule has 2 rings (SSSR count). The zero-order chi connectivity index (χ0) is 14.8. The van der Waals surface area contributed by atoms with Gasteiger partial charge in [0.25, 0.3) is 10.0 Å². The smallest absolute Gasteiger partial charge is 0.264 e. The number of nitrogens with two attached hydrogens (primary N) is 1. The summed E-state index contributed by atoms with van der Waals surface area (Å²) in [6.07, 6.45) is 0. The van der Waals surface area contributed by atoms with Gasteiger partial charge in [0.1, 0.15) is 4.90 Å². The fourth-order valence-corrected chi connectivity index (χ4v) is 3.29. The van der Waals surface area contributed by atoms with Crippen LogP contribution in [0, 0.1) is 6.92 Å². The third-order valence-electron chi connectivity index (χ3n) is 2.76. The van der Waals surface area contributed by atoms with Crippen molar-refractivity contribution >= 4 is 37.3 Å². The Labute approximate surface area is 126 Å². The highest BCUT2D eigenvalue weighted by atomic mass is 79.9. The average Bonchev–Trinajstić information content (AvgIpc) is 2.42. The maximum Gasteiger partial charge on any atom is 0.264 e. The molecule has 106 valence electrons. The van der Waals surface area contributed by atoms with E-state index in [1.807, 2.05) is 13.0 Å². The van der Waals surface area contributed by atoms with Crippen molar-refractivity contribution in [3.63, 3.8) is 0 Å². The van der Waals surface area contributed by atoms with E-state index in [4.69, 9.17) is 5.84 Å². The van der Waals surface area contributed by atoms with Gasteiger partial charge in [-0.3, -0.25) is 10.6 Å². The lowest BCUT2D eigenvalue weighted by molar-refractivity contribution is 0.601. The normalized spacial score (nSPS) is 11.2. The van der Waals surface area contributed by atoms with Gasteiger partial charge >= 0.3 is 0 Å². The number of para-hydroxylation sites is 1. The van der Waals surface area contributed by atoms with E-state index in [1.54, 1.807) is 30.3 Å². The summed E-state index contributed by atoms with van der Waals surface area (Å²) in [5.74, 6) is 5.33. The van der Waals surface area contributed by atoms with Crippen LogP contribution in [0.2, 0.25) is 0 Å². The van der Waals surface area contributed by atoms with Gasteiger partial charge in [0.2, 0.25) is 0 Å². The van der Waals surface area contributed by atoms with Crippen molar-refractivity contribution in [1.29, 1.82) is 0 Å². The van der Waals surface area contributed by atoms with Gasteiger partial charge in [-0.15, -0.1) is 0 Å². The van der Waals surface area contributed by atoms with E-state index in [2.05, 4.69) is 26.1 Å². The molecule has 4 N–H and O–H groups in total. The van der Waals surface area contributed by atoms with Gasteiger partial charge < -0.3 is 5.43 Å². The predicted octanol–water partition coefficient (Wildman–Crippen LogP) is 2.84. The zero-order valence-electron chi connectivity index (χ0n) is 10.7. The van der Waals surface area contributed by atoms with Crippen molar-refractivity contribution in [1.82, 2.24) is 0 Å². The van der Waals surface area contributed by atoms with E-state index >= 15 is 0 Å². The van der Waals surface area contributed by atoms with Crippen LogP contribution >= 0.6 is 15.9 Å². The molecule has 2 aromatic carbocycles. The Morgan fingerprint density at radius 2 is 1.85 bits per heavy atom. The number of hydrazine groups is 1. The number of anilines is 2. The summed E-state index contributed by atoms with van der Waals surface area (Å²) >= 11 is 3.37. The molecule has 0 aliphatic rings. The maximum atomic E-state index is 12.4. The van der Waals surface area contributed by atoms with E-state index in [9.17, 15) is 8.42 Å². The predicted molar refractivity (Wildman–Crippen MR) is 83.9 cm³/mol. The van der Waals surface area contributed by atoms with Gasteiger partial charge in [-0.2, -0.15) is 0 Å². The summed E-state index contributed by atoms with van der Waals surface area (Å²) in [6, 6.07) is 11.7. The quantitative estimate of drug-likeness (QED) is 0.581. The SMILES string of the molecule is Cc1ccc(NS(=O)(=O)c2ccccc2NN)cc1Br. The fourth-order valence-electron chi connectivity index (χ4n) is 1.69. The average molecular weight is 356 g/mol. The molecule has 0 saturated heterocycles. The van der Waals surface area contributed by atoms with Crippen LogP contribution < -0.4 is 16.0 Å². The number of benzene rings is 2. The number of nitrogen functional groups attached to an aromatic ring is 1. The van der Waals surface area contributed by atoms with E-state index in [-0.39, 0.29) is 4.90 Å². The standard InChI is InChI=1S/C13H14BrN3O2S/c1-9-6-7-10(8-11(9)14)17-20(18,19)13-5-3-2-4-12(13)16-15/h2-8,16-17H,15H2,1H3. The van der Waals surface area contributed by atoms with Crippen LogP contribution in [0.1, 0.15) is 5.56 Å². The van der Waals surface area contributed by atoms with Crippen molar-refractivity contribution in [2.24, 2.45) is 5.84 Å². The molecule has 0 atom stereocenters. The molecular formula is C13H14BrN3O2S. The van der Waals surface area contributed by atoms with Gasteiger partial charge in [-0.25, -0.2) is 8.42 Å². The molecule has 0 fully saturated rings. The van der Waals surface area contributed by atoms with Crippen molar-refractivity contribution in [2.75, 3.05) is 10.1 Å². The fraction of sp³-hybridized carbons (Fsp3) is 0.0769. The molecular weight excluding hydrogens is 342 g/mol. The third-order valence-corrected chi connectivity index (χ3v) is 5.05. The Balaban J connectivity index is 2.38. The van der Waals surface area contributed by atoms with Gasteiger partial charge in [0, 0.05) is 10.2 Å². The highest BCUT2D eigenvalue weighted by molar-refractivity contribution is 9.10. The van der Waals surface area contributed by atoms with Gasteiger partial charge in [0.05, 0.1) is 5.69 Å². The van der Waals surface area contributed by atoms with Gasteiger partial charge in [0.15, 0.2) is 0 Å². The van der Waals surface area contributed by atoms with Gasteiger partial charge in [-0.05, 0) is 36.8 Å². The Hall–Kier alpha value is -1.57. The molecule has 7 heteroatoms. The second-order valence-corrected chi connectivity index (χ2v) is 6.72. The topological polar surface area (TPSA) is 84.2 Å². The summed E-state index contributed by atoms with van der Waals surface area (Å²) in [5, 5.41) is 0. The first-order valence-electron chi connectivity index (χ1n) is 5.78. The maximum absolute atomic E-state index is 12.4. The minimum Gasteiger partial charge on any atom is -0.323 e. The van der Waals surface area contributed by atoms with Crippen molar-refractivity contribution in [3.8, 4) is 0 Å². The van der Waals surface area contributed by atoms with E-state index < -0.39 is 10.0 Å². The van der Waals surface area contributed by atoms with Crippen molar-refractivity contribution in [2.45, 2.75) is 11.8 Å². The lowest BCUT2D eigenvalue weighted by atomic mass is 10.2. The summed E-state index contributed by atoms with van der Waals surface area (Å²) in [5.41, 5.74) is 4.22. The van der Waals surface area contributed by atoms with Crippen LogP contribution in [0.3, 0.4) is 0 Å². The lowest BCUT2D eigenvalue weighted by Gasteiger charge is -2.12. The number of sulfonamides is 1. The minimum absolute atomic E-state index is 0.0965. The number of aryl methyl sites for hydroxylation is 1. The number of hydrogen-bond acceptors (Lipinski definition) is 4. The largest absolute Gasteiger partial charge is 0.323 e. The Morgan fingerprint density at radius 3 is 2.50 bits per heavy atom. The van der Waals surface area contributed by atoms with Crippen LogP contribution in [0.25, 0.3) is 0 Å². The molecule has 0 amide bonds. The molecule has 0 spiro atoms. The molecule has 0 radical (unpaired) electrons. The summed E-state index contributed by atoms with van der Waals surface area (Å²) in [7, 11) is -3.70. The monoisotopic (exact) mass is 355 g/mol. The van der Waals surface area contributed by atoms with Crippen molar-refractivity contribution < 1.29 is 8.42 Å². The van der Waals surface area contributed by atoms with E-state index in [0.717, 1.165) is 10.0 Å². The molecule has 0 aliphatic carbocycles. The minimum atomic E-state index is -3.70. The summed E-state index contributed by atoms with van der Waals surface area (Å²) in [4.78, 5) is 0.0965. The molecule has 0 saturated carbocycles. The van der Waals surface area contributed by atoms with Crippen LogP contribution in [0.5, 0.6) is 0 Å². The number of halogens is 1. The van der Waals surface area contributed by atoms with E-state index in [1.165, 1.54) is 6.07 Å². The molecule has 0 aromatic heterocycles. The Kier molecular flexibility index (Phi) is 4.32. The number of rotatable bonds is 4. The second kappa shape index (κ2) is 5.82. The molecule has 2 aromatic rings. The Morgan fingerprint density at radius 1 is 1.15 bits per heavy atom. The Bertz CT molecular complexity index is 732. The van der Waals surface area contributed by atoms with E-state index in [0.29, 0.717) is 11.4 Å². The van der Waals surface area contributed by atoms with Crippen LogP contribution in [-0.4, -0.2) is 8.42 Å². The lowest BCUT2D eigenvalue weighted by Crippen LogP contribution is -2.17. The first-order valence-corrected chi connectivity index (χ1v) is 8.06. The number of nitrogens with one attached hydrogen (secondary N) is 2. The molecule has 5 nitrogen and oxygen atoms in total. The summed E-state index contributed by atoms with van der Waals surface area (Å²) < 4.78 is 28.1. The third kappa shape index (κ3) is 3.12. The highest BCUT2D eigenvalue weighted by Gasteiger charge is 2.18. The molecule has 0 aliphatic heterocycles. The first-order chi connectivity index (χ1) is 9.44. The second-order valence-electron chi connectivity index (χ2n) is 4.21. The molecule has 20 heavy (non-hydrogen) atoms. The molecule has 0 unspecified atom stereocenters. The zero-order valence-corrected chi connectivity index (χ0v) is 13.1. The summed E-state index contributed by atoms with van der Waals surface area (Å²) in [6.45, 7) is 1.93. The first kappa shape index (κ1) is 14.8. The van der Waals surface area contributed by atoms with Crippen LogP contribution in [0.4, 0.5) is 11.4 Å². The number of hydrogen-bond donors (Lipinski definition) is 3. The molecule has 0 bridgehead atoms. The highest BCUT2D eigenvalue weighted by Crippen LogP contribution is 2.25.